The maximum Gasteiger partial charge on any atom is 0.0923 e. The van der Waals surface area contributed by atoms with E-state index >= 15 is 0 Å². The van der Waals surface area contributed by atoms with Gasteiger partial charge in [0.15, 0.2) is 0 Å². The quantitative estimate of drug-likeness (QED) is 0.605. The predicted molar refractivity (Wildman–Crippen MR) is 116 cm³/mol. The van der Waals surface area contributed by atoms with Crippen LogP contribution in [0.4, 0.5) is 0 Å². The molecule has 1 N–H and O–H groups in total. The van der Waals surface area contributed by atoms with Gasteiger partial charge >= 0.3 is 0 Å². The van der Waals surface area contributed by atoms with Crippen molar-refractivity contribution in [1.82, 2.24) is 15.1 Å². The van der Waals surface area contributed by atoms with Crippen LogP contribution in [0.1, 0.15) is 24.8 Å². The molecule has 4 heteroatoms. The smallest absolute Gasteiger partial charge is 0.0923 e. The second-order valence-electron chi connectivity index (χ2n) is 7.50. The number of nitrogens with one attached hydrogen (secondary N) is 1. The SMILES string of the molecule is C=C(Sc1cc(-c2ccc3nn(C)cc3c2)ccc1C)C1CCCNCC1. The fourth-order valence-corrected chi connectivity index (χ4v) is 4.88. The topological polar surface area (TPSA) is 29.9 Å². The summed E-state index contributed by atoms with van der Waals surface area (Å²) in [5, 5.41) is 9.15. The fraction of sp³-hybridized carbons (Fsp3) is 0.348. The summed E-state index contributed by atoms with van der Waals surface area (Å²) in [6.07, 6.45) is 5.76. The first-order valence-corrected chi connectivity index (χ1v) is 10.5. The third-order valence-electron chi connectivity index (χ3n) is 5.41. The summed E-state index contributed by atoms with van der Waals surface area (Å²) in [7, 11) is 1.97. The van der Waals surface area contributed by atoms with Crippen LogP contribution in [-0.2, 0) is 7.05 Å². The lowest BCUT2D eigenvalue weighted by Gasteiger charge is -2.18. The van der Waals surface area contributed by atoms with E-state index < -0.39 is 0 Å². The number of benzene rings is 2. The number of aryl methyl sites for hydroxylation is 2. The lowest BCUT2D eigenvalue weighted by molar-refractivity contribution is 0.569. The van der Waals surface area contributed by atoms with Gasteiger partial charge in [-0.3, -0.25) is 4.68 Å². The number of thioether (sulfide) groups is 1. The number of hydrogen-bond donors (Lipinski definition) is 1. The maximum atomic E-state index is 4.47. The van der Waals surface area contributed by atoms with Crippen LogP contribution in [0.3, 0.4) is 0 Å². The van der Waals surface area contributed by atoms with Crippen LogP contribution in [-0.4, -0.2) is 22.9 Å². The van der Waals surface area contributed by atoms with Gasteiger partial charge in [0.25, 0.3) is 0 Å². The van der Waals surface area contributed by atoms with Crippen molar-refractivity contribution in [2.75, 3.05) is 13.1 Å². The average Bonchev–Trinajstić information content (AvgIpc) is 2.85. The molecule has 1 atom stereocenters. The predicted octanol–water partition coefficient (Wildman–Crippen LogP) is 5.54. The summed E-state index contributed by atoms with van der Waals surface area (Å²) in [5.41, 5.74) is 4.85. The second-order valence-corrected chi connectivity index (χ2v) is 8.67. The van der Waals surface area contributed by atoms with Crippen molar-refractivity contribution in [2.24, 2.45) is 13.0 Å². The van der Waals surface area contributed by atoms with E-state index in [1.165, 1.54) is 51.1 Å². The molecule has 0 saturated carbocycles. The van der Waals surface area contributed by atoms with Gasteiger partial charge in [-0.1, -0.05) is 36.5 Å². The van der Waals surface area contributed by atoms with Crippen molar-refractivity contribution in [3.8, 4) is 11.1 Å². The molecule has 1 aliphatic rings. The molecule has 2 heterocycles. The highest BCUT2D eigenvalue weighted by Gasteiger charge is 2.17. The van der Waals surface area contributed by atoms with Crippen molar-refractivity contribution in [3.63, 3.8) is 0 Å². The molecule has 0 amide bonds. The van der Waals surface area contributed by atoms with Gasteiger partial charge in [-0.05, 0) is 85.0 Å². The van der Waals surface area contributed by atoms with E-state index in [2.05, 4.69) is 66.5 Å². The molecule has 1 aromatic heterocycles. The third-order valence-corrected chi connectivity index (χ3v) is 6.67. The van der Waals surface area contributed by atoms with Crippen molar-refractivity contribution < 1.29 is 0 Å². The van der Waals surface area contributed by atoms with Crippen LogP contribution in [0.25, 0.3) is 22.0 Å². The molecule has 1 fully saturated rings. The Morgan fingerprint density at radius 3 is 2.85 bits per heavy atom. The zero-order valence-corrected chi connectivity index (χ0v) is 17.0. The van der Waals surface area contributed by atoms with E-state index in [1.807, 2.05) is 23.5 Å². The Labute approximate surface area is 165 Å². The first-order valence-electron chi connectivity index (χ1n) is 9.72. The minimum absolute atomic E-state index is 0.611. The molecule has 1 aliphatic heterocycles. The second kappa shape index (κ2) is 7.91. The fourth-order valence-electron chi connectivity index (χ4n) is 3.78. The summed E-state index contributed by atoms with van der Waals surface area (Å²) in [5.74, 6) is 0.611. The molecule has 4 rings (SSSR count). The third kappa shape index (κ3) is 4.12. The summed E-state index contributed by atoms with van der Waals surface area (Å²) in [6.45, 7) is 8.86. The number of fused-ring (bicyclic) bond motifs is 1. The highest BCUT2D eigenvalue weighted by molar-refractivity contribution is 8.03. The van der Waals surface area contributed by atoms with Crippen molar-refractivity contribution in [3.05, 3.63) is 59.6 Å². The molecule has 0 bridgehead atoms. The Morgan fingerprint density at radius 1 is 1.15 bits per heavy atom. The van der Waals surface area contributed by atoms with Gasteiger partial charge in [0.05, 0.1) is 5.52 Å². The molecule has 2 aromatic carbocycles. The number of allylic oxidation sites excluding steroid dienone is 1. The van der Waals surface area contributed by atoms with Gasteiger partial charge < -0.3 is 5.32 Å². The van der Waals surface area contributed by atoms with E-state index in [0.29, 0.717) is 5.92 Å². The Morgan fingerprint density at radius 2 is 1.96 bits per heavy atom. The Balaban J connectivity index is 1.59. The molecular weight excluding hydrogens is 350 g/mol. The van der Waals surface area contributed by atoms with Crippen LogP contribution in [0.2, 0.25) is 0 Å². The molecule has 0 aliphatic carbocycles. The van der Waals surface area contributed by atoms with Crippen molar-refractivity contribution in [2.45, 2.75) is 31.1 Å². The standard InChI is InChI=1S/C23H27N3S/c1-16-6-7-20(19-8-9-22-21(13-19)15-26(3)25-22)14-23(16)27-17(2)18-5-4-11-24-12-10-18/h6-9,13-15,18,24H,2,4-5,10-12H2,1,3H3. The first kappa shape index (κ1) is 18.3. The molecule has 1 saturated heterocycles. The van der Waals surface area contributed by atoms with Gasteiger partial charge in [0.2, 0.25) is 0 Å². The lowest BCUT2D eigenvalue weighted by atomic mass is 10.0. The van der Waals surface area contributed by atoms with Crippen LogP contribution >= 0.6 is 11.8 Å². The van der Waals surface area contributed by atoms with E-state index in [0.717, 1.165) is 18.6 Å². The van der Waals surface area contributed by atoms with Crippen molar-refractivity contribution >= 4 is 22.7 Å². The zero-order chi connectivity index (χ0) is 18.8. The number of hydrogen-bond acceptors (Lipinski definition) is 3. The zero-order valence-electron chi connectivity index (χ0n) is 16.2. The normalized spacial score (nSPS) is 17.8. The van der Waals surface area contributed by atoms with Gasteiger partial charge in [0.1, 0.15) is 0 Å². The van der Waals surface area contributed by atoms with Crippen molar-refractivity contribution in [1.29, 1.82) is 0 Å². The average molecular weight is 378 g/mol. The first-order chi connectivity index (χ1) is 13.1. The van der Waals surface area contributed by atoms with Crippen LogP contribution in [0.5, 0.6) is 0 Å². The summed E-state index contributed by atoms with van der Waals surface area (Å²) >= 11 is 1.86. The molecule has 1 unspecified atom stereocenters. The minimum atomic E-state index is 0.611. The van der Waals surface area contributed by atoms with Crippen LogP contribution in [0, 0.1) is 12.8 Å². The van der Waals surface area contributed by atoms with E-state index in [9.17, 15) is 0 Å². The van der Waals surface area contributed by atoms with Crippen LogP contribution in [0.15, 0.2) is 59.0 Å². The number of aromatic nitrogens is 2. The van der Waals surface area contributed by atoms with Gasteiger partial charge in [-0.25, -0.2) is 0 Å². The van der Waals surface area contributed by atoms with E-state index in [1.54, 1.807) is 0 Å². The van der Waals surface area contributed by atoms with Crippen LogP contribution < -0.4 is 5.32 Å². The number of rotatable bonds is 4. The largest absolute Gasteiger partial charge is 0.317 e. The monoisotopic (exact) mass is 377 g/mol. The van der Waals surface area contributed by atoms with Gasteiger partial charge in [-0.15, -0.1) is 0 Å². The molecule has 0 spiro atoms. The summed E-state index contributed by atoms with van der Waals surface area (Å²) < 4.78 is 1.87. The molecule has 3 nitrogen and oxygen atoms in total. The highest BCUT2D eigenvalue weighted by Crippen LogP contribution is 2.38. The summed E-state index contributed by atoms with van der Waals surface area (Å²) in [4.78, 5) is 2.63. The molecular formula is C23H27N3S. The maximum absolute atomic E-state index is 4.47. The molecule has 27 heavy (non-hydrogen) atoms. The van der Waals surface area contributed by atoms with E-state index in [4.69, 9.17) is 0 Å². The Kier molecular flexibility index (Phi) is 5.37. The molecule has 0 radical (unpaired) electrons. The van der Waals surface area contributed by atoms with E-state index in [-0.39, 0.29) is 0 Å². The minimum Gasteiger partial charge on any atom is -0.317 e. The molecule has 3 aromatic rings. The lowest BCUT2D eigenvalue weighted by Crippen LogP contribution is -2.14. The van der Waals surface area contributed by atoms with Gasteiger partial charge in [-0.2, -0.15) is 5.10 Å². The number of nitrogens with zero attached hydrogens (tertiary/aromatic N) is 2. The Hall–Kier alpha value is -2.04. The van der Waals surface area contributed by atoms with Gasteiger partial charge in [0, 0.05) is 23.5 Å². The Bertz CT molecular complexity index is 965. The highest BCUT2D eigenvalue weighted by atomic mass is 32.2. The molecule has 140 valence electrons. The summed E-state index contributed by atoms with van der Waals surface area (Å²) in [6, 6.07) is 13.3.